The Morgan fingerprint density at radius 2 is 1.69 bits per heavy atom. The number of alkyl halides is 5. The van der Waals surface area contributed by atoms with Gasteiger partial charge in [-0.2, -0.15) is 13.2 Å². The molecule has 3 aliphatic rings. The second-order valence-corrected chi connectivity index (χ2v) is 12.0. The largest absolute Gasteiger partial charge is 0.514 e. The van der Waals surface area contributed by atoms with E-state index < -0.39 is 72.2 Å². The average molecular weight is 842 g/mol. The summed E-state index contributed by atoms with van der Waals surface area (Å²) in [5.41, 5.74) is 0. The molecule has 2 aliphatic carbocycles. The molecule has 1 heterocycles. The molecule has 0 amide bonds. The minimum absolute atomic E-state index is 0.0195. The number of halogens is 8. The molecule has 192 valence electrons. The van der Waals surface area contributed by atoms with E-state index in [1.165, 1.54) is 0 Å². The van der Waals surface area contributed by atoms with Crippen molar-refractivity contribution in [3.63, 3.8) is 0 Å². The Morgan fingerprint density at radius 3 is 2.23 bits per heavy atom. The summed E-state index contributed by atoms with van der Waals surface area (Å²) in [4.78, 5) is 37.6. The Bertz CT molecular complexity index is 1040. The van der Waals surface area contributed by atoms with Gasteiger partial charge in [0.15, 0.2) is 5.75 Å². The van der Waals surface area contributed by atoms with Crippen molar-refractivity contribution in [2.75, 3.05) is 0 Å². The van der Waals surface area contributed by atoms with E-state index in [4.69, 9.17) is 14.2 Å². The molecule has 7 nitrogen and oxygen atoms in total. The average Bonchev–Trinajstić information content (AvgIpc) is 3.30. The Hall–Kier alpha value is -0.730. The first-order chi connectivity index (χ1) is 16.1. The van der Waals surface area contributed by atoms with Gasteiger partial charge in [-0.15, -0.1) is 0 Å². The summed E-state index contributed by atoms with van der Waals surface area (Å²) in [5.74, 6) is -11.0. The maximum Gasteiger partial charge on any atom is 0.514 e. The highest BCUT2D eigenvalue weighted by Gasteiger charge is 2.71. The fourth-order valence-electron chi connectivity index (χ4n) is 4.97. The molecule has 0 aromatic heterocycles. The van der Waals surface area contributed by atoms with Crippen molar-refractivity contribution in [2.24, 2.45) is 23.7 Å². The van der Waals surface area contributed by atoms with Crippen LogP contribution in [0.4, 0.5) is 26.7 Å². The van der Waals surface area contributed by atoms with Gasteiger partial charge in [0.1, 0.15) is 12.2 Å². The summed E-state index contributed by atoms with van der Waals surface area (Å²) < 4.78 is 88.7. The molecule has 1 aromatic rings. The second kappa shape index (κ2) is 9.54. The summed E-state index contributed by atoms with van der Waals surface area (Å²) >= 11 is 6.00. The highest BCUT2D eigenvalue weighted by atomic mass is 127. The molecule has 15 heteroatoms. The summed E-state index contributed by atoms with van der Waals surface area (Å²) in [6.07, 6.45) is -12.4. The van der Waals surface area contributed by atoms with Gasteiger partial charge < -0.3 is 18.9 Å². The normalized spacial score (nSPS) is 30.1. The zero-order valence-corrected chi connectivity index (χ0v) is 23.8. The SMILES string of the molecule is CC(F)(F)C(OC(=O)C1C2CC3C(OC(=O)C31)C2OC(=O)Oc1c(I)cc(I)cc1I)C(F)(F)F. The van der Waals surface area contributed by atoms with Crippen LogP contribution in [0.5, 0.6) is 5.75 Å². The van der Waals surface area contributed by atoms with Crippen LogP contribution < -0.4 is 4.74 Å². The first-order valence-electron chi connectivity index (χ1n) is 9.98. The molecular formula is C20H14F5I3O7. The lowest BCUT2D eigenvalue weighted by molar-refractivity contribution is -0.275. The maximum absolute atomic E-state index is 13.6. The number of hydrogen-bond acceptors (Lipinski definition) is 7. The van der Waals surface area contributed by atoms with Crippen LogP contribution >= 0.6 is 67.8 Å². The molecular weight excluding hydrogens is 828 g/mol. The number of fused-ring (bicyclic) bond motifs is 1. The highest BCUT2D eigenvalue weighted by Crippen LogP contribution is 2.59. The third-order valence-electron chi connectivity index (χ3n) is 6.19. The zero-order chi connectivity index (χ0) is 26.0. The lowest BCUT2D eigenvalue weighted by Gasteiger charge is -2.32. The fraction of sp³-hybridized carbons (Fsp3) is 0.550. The Kier molecular flexibility index (Phi) is 7.44. The van der Waals surface area contributed by atoms with Gasteiger partial charge in [-0.3, -0.25) is 9.59 Å². The van der Waals surface area contributed by atoms with Crippen LogP contribution in [0.2, 0.25) is 0 Å². The Balaban J connectivity index is 1.53. The number of esters is 2. The zero-order valence-electron chi connectivity index (χ0n) is 17.3. The molecule has 2 saturated carbocycles. The van der Waals surface area contributed by atoms with Crippen molar-refractivity contribution in [2.45, 2.75) is 43.8 Å². The number of ether oxygens (including phenoxy) is 4. The molecule has 1 aliphatic heterocycles. The van der Waals surface area contributed by atoms with Crippen molar-refractivity contribution in [3.8, 4) is 5.75 Å². The standard InChI is InChI=1S/C20H14F5I3O7/c1-19(21,22)17(20(23,24)25)35-16(30)11-7-4-6-10(11)15(29)32-12(6)13(7)33-18(31)34-14-8(27)2-5(26)3-9(14)28/h2-3,6-7,10-13,17H,4H2,1H3. The van der Waals surface area contributed by atoms with Gasteiger partial charge in [0.2, 0.25) is 0 Å². The molecule has 1 saturated heterocycles. The monoisotopic (exact) mass is 842 g/mol. The number of rotatable bonds is 5. The van der Waals surface area contributed by atoms with Gasteiger partial charge in [-0.05, 0) is 86.3 Å². The van der Waals surface area contributed by atoms with Crippen LogP contribution in [0.1, 0.15) is 13.3 Å². The van der Waals surface area contributed by atoms with E-state index in [-0.39, 0.29) is 19.1 Å². The van der Waals surface area contributed by atoms with E-state index in [0.29, 0.717) is 7.14 Å². The van der Waals surface area contributed by atoms with Crippen LogP contribution in [-0.4, -0.2) is 48.5 Å². The van der Waals surface area contributed by atoms with E-state index in [1.54, 1.807) is 12.1 Å². The van der Waals surface area contributed by atoms with Gasteiger partial charge in [-0.25, -0.2) is 13.6 Å². The first-order valence-corrected chi connectivity index (χ1v) is 13.2. The predicted molar refractivity (Wildman–Crippen MR) is 131 cm³/mol. The Morgan fingerprint density at radius 1 is 1.09 bits per heavy atom. The molecule has 3 fully saturated rings. The lowest BCUT2D eigenvalue weighted by atomic mass is 9.78. The summed E-state index contributed by atoms with van der Waals surface area (Å²) in [6, 6.07) is 3.50. The molecule has 35 heavy (non-hydrogen) atoms. The predicted octanol–water partition coefficient (Wildman–Crippen LogP) is 5.32. The molecule has 7 atom stereocenters. The third-order valence-corrected chi connectivity index (χ3v) is 8.42. The van der Waals surface area contributed by atoms with Crippen LogP contribution in [0.15, 0.2) is 12.1 Å². The third kappa shape index (κ3) is 5.18. The fourth-order valence-corrected chi connectivity index (χ4v) is 8.77. The summed E-state index contributed by atoms with van der Waals surface area (Å²) in [6.45, 7) is -0.0195. The molecule has 1 aromatic carbocycles. The molecule has 2 bridgehead atoms. The molecule has 0 N–H and O–H groups in total. The minimum atomic E-state index is -5.54. The van der Waals surface area contributed by atoms with Crippen molar-refractivity contribution in [3.05, 3.63) is 22.8 Å². The van der Waals surface area contributed by atoms with Crippen molar-refractivity contribution < 1.29 is 55.3 Å². The quantitative estimate of drug-likeness (QED) is 0.131. The van der Waals surface area contributed by atoms with E-state index in [2.05, 4.69) is 27.3 Å². The van der Waals surface area contributed by atoms with E-state index in [9.17, 15) is 36.3 Å². The second-order valence-electron chi connectivity index (χ2n) is 8.46. The van der Waals surface area contributed by atoms with E-state index >= 15 is 0 Å². The van der Waals surface area contributed by atoms with E-state index in [1.807, 2.05) is 45.2 Å². The van der Waals surface area contributed by atoms with Gasteiger partial charge in [0.05, 0.1) is 19.0 Å². The van der Waals surface area contributed by atoms with Crippen molar-refractivity contribution in [1.29, 1.82) is 0 Å². The summed E-state index contributed by atoms with van der Waals surface area (Å²) in [5, 5.41) is 0. The highest BCUT2D eigenvalue weighted by molar-refractivity contribution is 14.1. The van der Waals surface area contributed by atoms with Gasteiger partial charge in [0, 0.05) is 22.3 Å². The van der Waals surface area contributed by atoms with Crippen LogP contribution in [0.3, 0.4) is 0 Å². The number of hydrogen-bond donors (Lipinski definition) is 0. The topological polar surface area (TPSA) is 88.1 Å². The molecule has 0 radical (unpaired) electrons. The van der Waals surface area contributed by atoms with Gasteiger partial charge in [0.25, 0.3) is 12.0 Å². The molecule has 4 rings (SSSR count). The number of carbonyl (C=O) groups excluding carboxylic acids is 3. The van der Waals surface area contributed by atoms with Gasteiger partial charge >= 0.3 is 24.3 Å². The maximum atomic E-state index is 13.6. The van der Waals surface area contributed by atoms with Crippen molar-refractivity contribution in [1.82, 2.24) is 0 Å². The first kappa shape index (κ1) is 27.3. The molecule has 7 unspecified atom stereocenters. The van der Waals surface area contributed by atoms with Crippen LogP contribution in [0, 0.1) is 34.4 Å². The van der Waals surface area contributed by atoms with Gasteiger partial charge in [-0.1, -0.05) is 0 Å². The lowest BCUT2D eigenvalue weighted by Crippen LogP contribution is -2.50. The number of benzene rings is 1. The van der Waals surface area contributed by atoms with E-state index in [0.717, 1.165) is 3.57 Å². The Labute approximate surface area is 235 Å². The summed E-state index contributed by atoms with van der Waals surface area (Å²) in [7, 11) is 0. The smallest absolute Gasteiger partial charge is 0.458 e. The number of carbonyl (C=O) groups is 3. The minimum Gasteiger partial charge on any atom is -0.458 e. The molecule has 0 spiro atoms. The van der Waals surface area contributed by atoms with Crippen molar-refractivity contribution >= 4 is 85.9 Å². The van der Waals surface area contributed by atoms with Crippen LogP contribution in [0.25, 0.3) is 0 Å². The van der Waals surface area contributed by atoms with Crippen LogP contribution in [-0.2, 0) is 23.8 Å².